The number of fused-ring (bicyclic) bond motifs is 1. The van der Waals surface area contributed by atoms with Crippen LogP contribution in [0.2, 0.25) is 0 Å². The molecule has 1 aromatic carbocycles. The quantitative estimate of drug-likeness (QED) is 0.633. The average molecular weight is 144 g/mol. The van der Waals surface area contributed by atoms with E-state index in [2.05, 4.69) is 30.1 Å². The normalized spacial score (nSPS) is 10.6. The Kier molecular flexibility index (Phi) is 1.42. The number of aromatic nitrogens is 1. The van der Waals surface area contributed by atoms with E-state index in [-0.39, 0.29) is 0 Å². The molecule has 2 aromatic rings. The van der Waals surface area contributed by atoms with Gasteiger partial charge in [-0.25, -0.2) is 0 Å². The van der Waals surface area contributed by atoms with Gasteiger partial charge in [-0.05, 0) is 30.9 Å². The molecule has 0 aliphatic carbocycles. The lowest BCUT2D eigenvalue weighted by molar-refractivity contribution is 1.17. The van der Waals surface area contributed by atoms with E-state index in [9.17, 15) is 0 Å². The molecule has 0 aliphatic rings. The van der Waals surface area contributed by atoms with Crippen molar-refractivity contribution in [3.8, 4) is 0 Å². The number of para-hydroxylation sites is 1. The molecule has 0 saturated heterocycles. The van der Waals surface area contributed by atoms with Crippen molar-refractivity contribution in [1.82, 2.24) is 4.98 Å². The highest BCUT2D eigenvalue weighted by Gasteiger charge is 1.95. The second-order valence-electron chi connectivity index (χ2n) is 2.63. The third-order valence-electron chi connectivity index (χ3n) is 1.86. The number of hydrogen-bond donors (Lipinski definition) is 1. The van der Waals surface area contributed by atoms with E-state index in [0.717, 1.165) is 6.42 Å². The van der Waals surface area contributed by atoms with Crippen LogP contribution in [0.1, 0.15) is 5.69 Å². The van der Waals surface area contributed by atoms with Crippen molar-refractivity contribution in [3.63, 3.8) is 0 Å². The van der Waals surface area contributed by atoms with Gasteiger partial charge >= 0.3 is 0 Å². The molecule has 0 bridgehead atoms. The summed E-state index contributed by atoms with van der Waals surface area (Å²) in [6.45, 7) is 3.82. The molecule has 0 spiro atoms. The van der Waals surface area contributed by atoms with Gasteiger partial charge in [0, 0.05) is 11.2 Å². The molecule has 55 valence electrons. The molecule has 1 N–H and O–H groups in total. The fourth-order valence-electron chi connectivity index (χ4n) is 1.27. The number of benzene rings is 1. The SMILES string of the molecule is [CH2]Cc1cc2ccccc2[nH]1. The summed E-state index contributed by atoms with van der Waals surface area (Å²) in [5.74, 6) is 0. The van der Waals surface area contributed by atoms with Gasteiger partial charge in [0.05, 0.1) is 0 Å². The van der Waals surface area contributed by atoms with Crippen molar-refractivity contribution in [2.45, 2.75) is 6.42 Å². The minimum absolute atomic E-state index is 0.828. The minimum atomic E-state index is 0.828. The van der Waals surface area contributed by atoms with Gasteiger partial charge in [-0.1, -0.05) is 18.2 Å². The highest BCUT2D eigenvalue weighted by molar-refractivity contribution is 5.80. The van der Waals surface area contributed by atoms with E-state index < -0.39 is 0 Å². The molecule has 0 amide bonds. The number of hydrogen-bond acceptors (Lipinski definition) is 0. The second kappa shape index (κ2) is 2.42. The lowest BCUT2D eigenvalue weighted by Gasteiger charge is -1.85. The summed E-state index contributed by atoms with van der Waals surface area (Å²) < 4.78 is 0. The molecule has 11 heavy (non-hydrogen) atoms. The fourth-order valence-corrected chi connectivity index (χ4v) is 1.27. The Morgan fingerprint density at radius 3 is 2.82 bits per heavy atom. The molecule has 2 rings (SSSR count). The Bertz CT molecular complexity index is 327. The number of rotatable bonds is 1. The largest absolute Gasteiger partial charge is 0.358 e. The van der Waals surface area contributed by atoms with Gasteiger partial charge in [0.1, 0.15) is 0 Å². The van der Waals surface area contributed by atoms with Crippen molar-refractivity contribution in [2.75, 3.05) is 0 Å². The predicted octanol–water partition coefficient (Wildman–Crippen LogP) is 2.54. The molecule has 1 heteroatoms. The Hall–Kier alpha value is -1.24. The predicted molar refractivity (Wildman–Crippen MR) is 47.4 cm³/mol. The first-order valence-electron chi connectivity index (χ1n) is 3.76. The van der Waals surface area contributed by atoms with Gasteiger partial charge in [0.25, 0.3) is 0 Å². The highest BCUT2D eigenvalue weighted by Crippen LogP contribution is 2.14. The molecule has 0 atom stereocenters. The summed E-state index contributed by atoms with van der Waals surface area (Å²) in [5.41, 5.74) is 2.40. The molecule has 0 saturated carbocycles. The number of aromatic amines is 1. The maximum Gasteiger partial charge on any atom is 0.0456 e. The zero-order valence-corrected chi connectivity index (χ0v) is 6.30. The van der Waals surface area contributed by atoms with Crippen molar-refractivity contribution >= 4 is 10.9 Å². The van der Waals surface area contributed by atoms with Gasteiger partial charge in [-0.3, -0.25) is 0 Å². The summed E-state index contributed by atoms with van der Waals surface area (Å²) >= 11 is 0. The van der Waals surface area contributed by atoms with Gasteiger partial charge in [-0.15, -0.1) is 0 Å². The van der Waals surface area contributed by atoms with Gasteiger partial charge in [-0.2, -0.15) is 0 Å². The lowest BCUT2D eigenvalue weighted by atomic mass is 10.2. The first kappa shape index (κ1) is 6.47. The Morgan fingerprint density at radius 2 is 2.09 bits per heavy atom. The van der Waals surface area contributed by atoms with E-state index in [4.69, 9.17) is 0 Å². The van der Waals surface area contributed by atoms with Crippen molar-refractivity contribution < 1.29 is 0 Å². The fraction of sp³-hybridized carbons (Fsp3) is 0.100. The van der Waals surface area contributed by atoms with Gasteiger partial charge < -0.3 is 4.98 Å². The highest BCUT2D eigenvalue weighted by atomic mass is 14.7. The Balaban J connectivity index is 2.69. The third-order valence-corrected chi connectivity index (χ3v) is 1.86. The van der Waals surface area contributed by atoms with E-state index >= 15 is 0 Å². The Morgan fingerprint density at radius 1 is 1.27 bits per heavy atom. The molecule has 1 heterocycles. The first-order chi connectivity index (χ1) is 5.40. The van der Waals surface area contributed by atoms with Gasteiger partial charge in [0.15, 0.2) is 0 Å². The molecule has 1 nitrogen and oxygen atoms in total. The lowest BCUT2D eigenvalue weighted by Crippen LogP contribution is -1.75. The number of H-pyrrole nitrogens is 1. The standard InChI is InChI=1S/C10H10N/c1-2-9-7-8-5-3-4-6-10(8)11-9/h3-7,11H,1-2H2. The summed E-state index contributed by atoms with van der Waals surface area (Å²) in [5, 5.41) is 1.27. The molecule has 0 aliphatic heterocycles. The van der Waals surface area contributed by atoms with Crippen LogP contribution >= 0.6 is 0 Å². The molecule has 0 fully saturated rings. The smallest absolute Gasteiger partial charge is 0.0456 e. The minimum Gasteiger partial charge on any atom is -0.358 e. The number of nitrogens with one attached hydrogen (secondary N) is 1. The van der Waals surface area contributed by atoms with Crippen LogP contribution in [0.3, 0.4) is 0 Å². The summed E-state index contributed by atoms with van der Waals surface area (Å²) in [7, 11) is 0. The van der Waals surface area contributed by atoms with Crippen molar-refractivity contribution in [3.05, 3.63) is 42.9 Å². The van der Waals surface area contributed by atoms with E-state index in [1.165, 1.54) is 16.6 Å². The molecule has 1 radical (unpaired) electrons. The average Bonchev–Trinajstić information content (AvgIpc) is 2.46. The van der Waals surface area contributed by atoms with Crippen LogP contribution in [0, 0.1) is 6.92 Å². The van der Waals surface area contributed by atoms with Crippen molar-refractivity contribution in [1.29, 1.82) is 0 Å². The maximum absolute atomic E-state index is 3.82. The van der Waals surface area contributed by atoms with Gasteiger partial charge in [0.2, 0.25) is 0 Å². The van der Waals surface area contributed by atoms with E-state index in [1.54, 1.807) is 0 Å². The van der Waals surface area contributed by atoms with Crippen LogP contribution in [-0.4, -0.2) is 4.98 Å². The second-order valence-corrected chi connectivity index (χ2v) is 2.63. The molecule has 1 aromatic heterocycles. The monoisotopic (exact) mass is 144 g/mol. The van der Waals surface area contributed by atoms with E-state index in [1.807, 2.05) is 12.1 Å². The molecular formula is C10H10N. The topological polar surface area (TPSA) is 15.8 Å². The van der Waals surface area contributed by atoms with Crippen LogP contribution in [0.15, 0.2) is 30.3 Å². The summed E-state index contributed by atoms with van der Waals surface area (Å²) in [6, 6.07) is 10.4. The Labute approximate surface area is 66.1 Å². The summed E-state index contributed by atoms with van der Waals surface area (Å²) in [6.07, 6.45) is 0.828. The van der Waals surface area contributed by atoms with Crippen LogP contribution in [-0.2, 0) is 6.42 Å². The summed E-state index contributed by atoms with van der Waals surface area (Å²) in [4.78, 5) is 3.28. The van der Waals surface area contributed by atoms with Crippen LogP contribution in [0.25, 0.3) is 10.9 Å². The molecule has 0 unspecified atom stereocenters. The van der Waals surface area contributed by atoms with Crippen LogP contribution < -0.4 is 0 Å². The van der Waals surface area contributed by atoms with Crippen LogP contribution in [0.5, 0.6) is 0 Å². The zero-order valence-electron chi connectivity index (χ0n) is 6.30. The van der Waals surface area contributed by atoms with Crippen molar-refractivity contribution in [2.24, 2.45) is 0 Å². The third kappa shape index (κ3) is 1.03. The van der Waals surface area contributed by atoms with E-state index in [0.29, 0.717) is 0 Å². The zero-order chi connectivity index (χ0) is 7.68. The molecular weight excluding hydrogens is 134 g/mol. The maximum atomic E-state index is 3.82. The first-order valence-corrected chi connectivity index (χ1v) is 3.76. The van der Waals surface area contributed by atoms with Crippen LogP contribution in [0.4, 0.5) is 0 Å².